The van der Waals surface area contributed by atoms with E-state index >= 15 is 0 Å². The van der Waals surface area contributed by atoms with Crippen molar-refractivity contribution in [2.24, 2.45) is 0 Å². The molecule has 11 heteroatoms. The molecule has 2 aromatic carbocycles. The van der Waals surface area contributed by atoms with Crippen LogP contribution in [-0.2, 0) is 15.6 Å². The molecule has 10 nitrogen and oxygen atoms in total. The topological polar surface area (TPSA) is 140 Å². The summed E-state index contributed by atoms with van der Waals surface area (Å²) in [6.07, 6.45) is 0. The Labute approximate surface area is 184 Å². The third-order valence-electron chi connectivity index (χ3n) is 4.21. The molecule has 0 unspecified atom stereocenters. The van der Waals surface area contributed by atoms with Gasteiger partial charge >= 0.3 is 11.8 Å². The highest BCUT2D eigenvalue weighted by atomic mass is 32.2. The van der Waals surface area contributed by atoms with Gasteiger partial charge in [-0.2, -0.15) is 4.98 Å². The summed E-state index contributed by atoms with van der Waals surface area (Å²) in [5.74, 6) is -1.53. The van der Waals surface area contributed by atoms with Gasteiger partial charge in [0.1, 0.15) is 11.5 Å². The summed E-state index contributed by atoms with van der Waals surface area (Å²) in [6.45, 7) is 2.50. The summed E-state index contributed by atoms with van der Waals surface area (Å²) in [4.78, 5) is 28.4. The number of carbonyl (C=O) groups is 2. The Hall–Kier alpha value is -3.73. The second kappa shape index (κ2) is 10.5. The number of hydrogen-bond acceptors (Lipinski definition) is 8. The number of hydrogen-bond donors (Lipinski definition) is 2. The van der Waals surface area contributed by atoms with E-state index < -0.39 is 21.5 Å². The Morgan fingerprint density at radius 1 is 0.969 bits per heavy atom. The monoisotopic (exact) mass is 458 g/mol. The molecule has 0 bridgehead atoms. The highest BCUT2D eigenvalue weighted by Crippen LogP contribution is 2.17. The van der Waals surface area contributed by atoms with E-state index in [0.717, 1.165) is 0 Å². The van der Waals surface area contributed by atoms with Gasteiger partial charge in [0.05, 0.1) is 17.1 Å². The number of nitrogens with zero attached hydrogens (tertiary/aromatic N) is 2. The number of sulfone groups is 1. The van der Waals surface area contributed by atoms with Crippen LogP contribution < -0.4 is 15.4 Å². The van der Waals surface area contributed by atoms with Crippen molar-refractivity contribution in [1.29, 1.82) is 0 Å². The second-order valence-electron chi connectivity index (χ2n) is 6.53. The van der Waals surface area contributed by atoms with Gasteiger partial charge in [-0.15, -0.1) is 0 Å². The summed E-state index contributed by atoms with van der Waals surface area (Å²) >= 11 is 0. The predicted octanol–water partition coefficient (Wildman–Crippen LogP) is 1.60. The van der Waals surface area contributed by atoms with Gasteiger partial charge in [-0.05, 0) is 31.2 Å². The van der Waals surface area contributed by atoms with E-state index in [1.54, 1.807) is 42.5 Å². The van der Waals surface area contributed by atoms with Gasteiger partial charge in [0.2, 0.25) is 0 Å². The minimum atomic E-state index is -3.66. The Morgan fingerprint density at radius 3 is 2.34 bits per heavy atom. The number of amides is 2. The van der Waals surface area contributed by atoms with Crippen LogP contribution in [0.3, 0.4) is 0 Å². The van der Waals surface area contributed by atoms with Crippen molar-refractivity contribution in [3.05, 3.63) is 71.9 Å². The average Bonchev–Trinajstić information content (AvgIpc) is 3.25. The Kier molecular flexibility index (Phi) is 7.55. The number of rotatable bonds is 10. The molecule has 1 heterocycles. The average molecular weight is 458 g/mol. The van der Waals surface area contributed by atoms with Crippen molar-refractivity contribution in [2.45, 2.75) is 17.6 Å². The van der Waals surface area contributed by atoms with Crippen LogP contribution in [0.4, 0.5) is 0 Å². The molecular formula is C21H22N4O6S. The first kappa shape index (κ1) is 22.9. The van der Waals surface area contributed by atoms with Gasteiger partial charge < -0.3 is 19.9 Å². The zero-order valence-corrected chi connectivity index (χ0v) is 18.1. The van der Waals surface area contributed by atoms with Gasteiger partial charge in [-0.25, -0.2) is 8.42 Å². The van der Waals surface area contributed by atoms with Gasteiger partial charge in [0.15, 0.2) is 15.7 Å². The number of para-hydroxylation sites is 1. The van der Waals surface area contributed by atoms with Crippen molar-refractivity contribution in [3.63, 3.8) is 0 Å². The maximum absolute atomic E-state index is 12.4. The third-order valence-corrected chi connectivity index (χ3v) is 5.84. The Morgan fingerprint density at radius 2 is 1.62 bits per heavy atom. The molecule has 3 aromatic rings. The fourth-order valence-corrected chi connectivity index (χ4v) is 3.94. The molecule has 0 aliphatic rings. The molecule has 0 saturated carbocycles. The summed E-state index contributed by atoms with van der Waals surface area (Å²) in [5.41, 5.74) is 0.391. The molecule has 2 N–H and O–H groups in total. The molecule has 0 aliphatic carbocycles. The summed E-state index contributed by atoms with van der Waals surface area (Å²) < 4.78 is 35.0. The lowest BCUT2D eigenvalue weighted by atomic mass is 10.2. The molecule has 0 spiro atoms. The highest BCUT2D eigenvalue weighted by Gasteiger charge is 2.21. The van der Waals surface area contributed by atoms with Crippen LogP contribution in [-0.4, -0.2) is 50.1 Å². The van der Waals surface area contributed by atoms with Crippen molar-refractivity contribution < 1.29 is 27.3 Å². The van der Waals surface area contributed by atoms with Crippen molar-refractivity contribution in [3.8, 4) is 5.75 Å². The lowest BCUT2D eigenvalue weighted by molar-refractivity contribution is 0.0897. The molecule has 0 atom stereocenters. The number of benzene rings is 2. The lowest BCUT2D eigenvalue weighted by Crippen LogP contribution is -2.35. The first-order chi connectivity index (χ1) is 15.4. The second-order valence-corrected chi connectivity index (χ2v) is 8.52. The molecular weight excluding hydrogens is 436 g/mol. The fraction of sp³-hybridized carbons (Fsp3) is 0.238. The van der Waals surface area contributed by atoms with E-state index in [1.807, 2.05) is 6.92 Å². The quantitative estimate of drug-likeness (QED) is 0.437. The molecule has 0 aliphatic heterocycles. The molecule has 0 radical (unpaired) electrons. The number of ether oxygens (including phenoxy) is 1. The first-order valence-corrected chi connectivity index (χ1v) is 11.4. The van der Waals surface area contributed by atoms with Crippen LogP contribution in [0.2, 0.25) is 0 Å². The minimum absolute atomic E-state index is 0.0986. The SMILES string of the molecule is CCOc1ccccc1C(=O)NCCNC(=O)c1nc(CS(=O)(=O)c2ccccc2)no1. The van der Waals surface area contributed by atoms with Crippen LogP contribution in [0, 0.1) is 0 Å². The van der Waals surface area contributed by atoms with E-state index in [2.05, 4.69) is 20.8 Å². The van der Waals surface area contributed by atoms with E-state index in [9.17, 15) is 18.0 Å². The van der Waals surface area contributed by atoms with E-state index in [-0.39, 0.29) is 35.6 Å². The molecule has 2 amide bonds. The number of carbonyl (C=O) groups excluding carboxylic acids is 2. The standard InChI is InChI=1S/C21H22N4O6S/c1-2-30-17-11-7-6-10-16(17)19(26)22-12-13-23-20(27)21-24-18(25-31-21)14-32(28,29)15-8-4-3-5-9-15/h3-11H,2,12-14H2,1H3,(H,22,26)(H,23,27). The Bertz CT molecular complexity index is 1180. The lowest BCUT2D eigenvalue weighted by Gasteiger charge is -2.10. The van der Waals surface area contributed by atoms with E-state index in [1.165, 1.54) is 12.1 Å². The fourth-order valence-electron chi connectivity index (χ4n) is 2.74. The summed E-state index contributed by atoms with van der Waals surface area (Å²) in [6, 6.07) is 14.7. The normalized spacial score (nSPS) is 11.0. The largest absolute Gasteiger partial charge is 0.493 e. The smallest absolute Gasteiger partial charge is 0.315 e. The van der Waals surface area contributed by atoms with Crippen LogP contribution in [0.15, 0.2) is 64.0 Å². The molecule has 0 fully saturated rings. The Balaban J connectivity index is 1.49. The van der Waals surface area contributed by atoms with Crippen LogP contribution in [0.5, 0.6) is 5.75 Å². The molecule has 0 saturated heterocycles. The van der Waals surface area contributed by atoms with Crippen LogP contribution >= 0.6 is 0 Å². The molecule has 3 rings (SSSR count). The molecule has 168 valence electrons. The third kappa shape index (κ3) is 5.91. The zero-order valence-electron chi connectivity index (χ0n) is 17.3. The summed E-state index contributed by atoms with van der Waals surface area (Å²) in [7, 11) is -3.66. The molecule has 1 aromatic heterocycles. The summed E-state index contributed by atoms with van der Waals surface area (Å²) in [5, 5.41) is 8.76. The van der Waals surface area contributed by atoms with E-state index in [0.29, 0.717) is 17.9 Å². The van der Waals surface area contributed by atoms with Crippen LogP contribution in [0.1, 0.15) is 33.8 Å². The number of aromatic nitrogens is 2. The van der Waals surface area contributed by atoms with Crippen molar-refractivity contribution in [2.75, 3.05) is 19.7 Å². The predicted molar refractivity (Wildman–Crippen MR) is 114 cm³/mol. The van der Waals surface area contributed by atoms with Crippen molar-refractivity contribution >= 4 is 21.7 Å². The zero-order chi connectivity index (χ0) is 23.0. The molecule has 32 heavy (non-hydrogen) atoms. The maximum atomic E-state index is 12.4. The minimum Gasteiger partial charge on any atom is -0.493 e. The number of nitrogens with one attached hydrogen (secondary N) is 2. The maximum Gasteiger partial charge on any atom is 0.315 e. The first-order valence-electron chi connectivity index (χ1n) is 9.79. The van der Waals surface area contributed by atoms with Gasteiger partial charge in [-0.3, -0.25) is 9.59 Å². The van der Waals surface area contributed by atoms with Gasteiger partial charge in [-0.1, -0.05) is 35.5 Å². The van der Waals surface area contributed by atoms with Gasteiger partial charge in [0, 0.05) is 13.1 Å². The van der Waals surface area contributed by atoms with Crippen LogP contribution in [0.25, 0.3) is 0 Å². The highest BCUT2D eigenvalue weighted by molar-refractivity contribution is 7.90. The van der Waals surface area contributed by atoms with Gasteiger partial charge in [0.25, 0.3) is 5.91 Å². The van der Waals surface area contributed by atoms with E-state index in [4.69, 9.17) is 9.26 Å². The van der Waals surface area contributed by atoms with Crippen molar-refractivity contribution in [1.82, 2.24) is 20.8 Å².